The molecule has 1 atom stereocenters. The van der Waals surface area contributed by atoms with Crippen molar-refractivity contribution >= 4 is 34.1 Å². The third-order valence-corrected chi connectivity index (χ3v) is 8.74. The Morgan fingerprint density at radius 2 is 1.82 bits per heavy atom. The Labute approximate surface area is 284 Å². The van der Waals surface area contributed by atoms with Gasteiger partial charge >= 0.3 is 6.09 Å². The molecule has 12 heteroatoms. The van der Waals surface area contributed by atoms with Crippen molar-refractivity contribution in [2.45, 2.75) is 66.2 Å². The molecule has 4 heterocycles. The molecule has 0 N–H and O–H groups in total. The molecule has 1 aliphatic heterocycles. The van der Waals surface area contributed by atoms with E-state index in [1.165, 1.54) is 6.92 Å². The van der Waals surface area contributed by atoms with Crippen molar-refractivity contribution in [1.82, 2.24) is 24.1 Å². The third kappa shape index (κ3) is 6.67. The summed E-state index contributed by atoms with van der Waals surface area (Å²) in [6, 6.07) is 12.8. The van der Waals surface area contributed by atoms with Gasteiger partial charge in [-0.05, 0) is 88.4 Å². The fourth-order valence-electron chi connectivity index (χ4n) is 6.39. The van der Waals surface area contributed by atoms with E-state index in [0.717, 1.165) is 28.0 Å². The van der Waals surface area contributed by atoms with Crippen molar-refractivity contribution in [1.29, 1.82) is 0 Å². The molecular weight excluding hydrogens is 624 g/mol. The summed E-state index contributed by atoms with van der Waals surface area (Å²) in [5, 5.41) is 5.89. The van der Waals surface area contributed by atoms with Gasteiger partial charge in [0.1, 0.15) is 17.1 Å². The summed E-state index contributed by atoms with van der Waals surface area (Å²) >= 11 is 0. The van der Waals surface area contributed by atoms with E-state index in [0.29, 0.717) is 53.2 Å². The van der Waals surface area contributed by atoms with E-state index in [4.69, 9.17) is 19.3 Å². The van der Waals surface area contributed by atoms with E-state index in [1.54, 1.807) is 45.4 Å². The lowest BCUT2D eigenvalue weighted by Crippen LogP contribution is -2.36. The zero-order valence-corrected chi connectivity index (χ0v) is 29.2. The van der Waals surface area contributed by atoms with E-state index < -0.39 is 11.7 Å². The molecule has 0 aliphatic carbocycles. The van der Waals surface area contributed by atoms with Crippen molar-refractivity contribution in [3.05, 3.63) is 82.0 Å². The molecule has 0 spiro atoms. The van der Waals surface area contributed by atoms with Crippen LogP contribution in [-0.2, 0) is 16.1 Å². The van der Waals surface area contributed by atoms with Crippen molar-refractivity contribution in [2.24, 2.45) is 0 Å². The SMILES string of the molecule is COc1ccc(CN(C(C)=O)c2cc(-c3cc(C)c4nc(C)cn4n3)cc3ccn(C4CCN(C(=O)OC(C)(C)C)C4)c(=O)c23)c(OC)c1. The van der Waals surface area contributed by atoms with Gasteiger partial charge in [0.2, 0.25) is 5.91 Å². The predicted molar refractivity (Wildman–Crippen MR) is 188 cm³/mol. The van der Waals surface area contributed by atoms with Crippen molar-refractivity contribution in [3.8, 4) is 22.8 Å². The molecule has 1 fully saturated rings. The largest absolute Gasteiger partial charge is 0.497 e. The first-order valence-electron chi connectivity index (χ1n) is 16.3. The molecule has 12 nitrogen and oxygen atoms in total. The molecule has 6 rings (SSSR count). The van der Waals surface area contributed by atoms with Crippen LogP contribution in [0.3, 0.4) is 0 Å². The number of aryl methyl sites for hydroxylation is 2. The van der Waals surface area contributed by atoms with Crippen LogP contribution in [0, 0.1) is 13.8 Å². The fraction of sp³-hybridized carbons (Fsp3) is 0.378. The number of imidazole rings is 1. The molecular formula is C37H42N6O6. The summed E-state index contributed by atoms with van der Waals surface area (Å²) in [4.78, 5) is 48.7. The van der Waals surface area contributed by atoms with E-state index in [1.807, 2.05) is 77.2 Å². The average molecular weight is 667 g/mol. The highest BCUT2D eigenvalue weighted by Crippen LogP contribution is 2.35. The average Bonchev–Trinajstić information content (AvgIpc) is 3.69. The first-order valence-corrected chi connectivity index (χ1v) is 16.3. The van der Waals surface area contributed by atoms with Gasteiger partial charge < -0.3 is 28.6 Å². The minimum absolute atomic E-state index is 0.136. The highest BCUT2D eigenvalue weighted by molar-refractivity contribution is 6.04. The van der Waals surface area contributed by atoms with Gasteiger partial charge in [-0.1, -0.05) is 0 Å². The van der Waals surface area contributed by atoms with Gasteiger partial charge in [0.15, 0.2) is 5.65 Å². The molecule has 0 saturated carbocycles. The molecule has 1 aliphatic rings. The first-order chi connectivity index (χ1) is 23.3. The number of nitrogens with zero attached hydrogens (tertiary/aromatic N) is 6. The zero-order valence-electron chi connectivity index (χ0n) is 29.2. The maximum Gasteiger partial charge on any atom is 0.410 e. The molecule has 1 saturated heterocycles. The lowest BCUT2D eigenvalue weighted by atomic mass is 10.0. The van der Waals surface area contributed by atoms with Crippen LogP contribution in [0.15, 0.2) is 59.7 Å². The van der Waals surface area contributed by atoms with Crippen LogP contribution in [0.1, 0.15) is 57.0 Å². The molecule has 2 amide bonds. The second-order valence-corrected chi connectivity index (χ2v) is 13.5. The number of benzene rings is 2. The van der Waals surface area contributed by atoms with Crippen LogP contribution in [0.4, 0.5) is 10.5 Å². The highest BCUT2D eigenvalue weighted by Gasteiger charge is 2.32. The number of amides is 2. The zero-order chi connectivity index (χ0) is 35.2. The molecule has 0 radical (unpaired) electrons. The minimum Gasteiger partial charge on any atom is -0.497 e. The van der Waals surface area contributed by atoms with E-state index in [-0.39, 0.29) is 24.1 Å². The van der Waals surface area contributed by atoms with E-state index in [2.05, 4.69) is 4.98 Å². The number of pyridine rings is 1. The van der Waals surface area contributed by atoms with Gasteiger partial charge in [-0.25, -0.2) is 14.3 Å². The predicted octanol–water partition coefficient (Wildman–Crippen LogP) is 6.08. The summed E-state index contributed by atoms with van der Waals surface area (Å²) in [5.41, 5.74) is 4.26. The van der Waals surface area contributed by atoms with Crippen LogP contribution < -0.4 is 19.9 Å². The third-order valence-electron chi connectivity index (χ3n) is 8.74. The van der Waals surface area contributed by atoms with Crippen LogP contribution in [0.5, 0.6) is 11.5 Å². The maximum atomic E-state index is 14.5. The normalized spacial score (nSPS) is 14.8. The van der Waals surface area contributed by atoms with Gasteiger partial charge in [-0.2, -0.15) is 5.10 Å². The summed E-state index contributed by atoms with van der Waals surface area (Å²) in [7, 11) is 3.14. The van der Waals surface area contributed by atoms with Crippen LogP contribution in [0.25, 0.3) is 27.7 Å². The second kappa shape index (κ2) is 12.9. The summed E-state index contributed by atoms with van der Waals surface area (Å²) in [5.74, 6) is 0.914. The Balaban J connectivity index is 1.50. The molecule has 3 aromatic heterocycles. The lowest BCUT2D eigenvalue weighted by Gasteiger charge is -2.26. The van der Waals surface area contributed by atoms with Crippen LogP contribution in [0.2, 0.25) is 0 Å². The number of hydrogen-bond acceptors (Lipinski definition) is 8. The number of methoxy groups -OCH3 is 2. The number of ether oxygens (including phenoxy) is 3. The molecule has 5 aromatic rings. The monoisotopic (exact) mass is 666 g/mol. The summed E-state index contributed by atoms with van der Waals surface area (Å²) in [6.45, 7) is 11.8. The van der Waals surface area contributed by atoms with Gasteiger partial charge in [0.25, 0.3) is 5.56 Å². The number of carbonyl (C=O) groups is 2. The first kappa shape index (κ1) is 33.5. The van der Waals surface area contributed by atoms with Gasteiger partial charge in [-0.3, -0.25) is 9.59 Å². The smallest absolute Gasteiger partial charge is 0.410 e. The maximum absolute atomic E-state index is 14.5. The quantitative estimate of drug-likeness (QED) is 0.205. The number of aromatic nitrogens is 4. The van der Waals surface area contributed by atoms with E-state index in [9.17, 15) is 14.4 Å². The Bertz CT molecular complexity index is 2150. The van der Waals surface area contributed by atoms with Crippen molar-refractivity contribution < 1.29 is 23.8 Å². The van der Waals surface area contributed by atoms with Gasteiger partial charge in [0.05, 0.1) is 55.5 Å². The molecule has 2 aromatic carbocycles. The van der Waals surface area contributed by atoms with Crippen LogP contribution >= 0.6 is 0 Å². The van der Waals surface area contributed by atoms with Crippen LogP contribution in [-0.4, -0.2) is 69.0 Å². The second-order valence-electron chi connectivity index (χ2n) is 13.5. The molecule has 1 unspecified atom stereocenters. The molecule has 0 bridgehead atoms. The number of fused-ring (bicyclic) bond motifs is 2. The Morgan fingerprint density at radius 3 is 2.51 bits per heavy atom. The molecule has 49 heavy (non-hydrogen) atoms. The Morgan fingerprint density at radius 1 is 1.04 bits per heavy atom. The van der Waals surface area contributed by atoms with Gasteiger partial charge in [-0.15, -0.1) is 0 Å². The number of carbonyl (C=O) groups excluding carboxylic acids is 2. The number of rotatable bonds is 7. The highest BCUT2D eigenvalue weighted by atomic mass is 16.6. The lowest BCUT2D eigenvalue weighted by molar-refractivity contribution is -0.116. The molecule has 256 valence electrons. The fourth-order valence-corrected chi connectivity index (χ4v) is 6.39. The van der Waals surface area contributed by atoms with Crippen molar-refractivity contribution in [3.63, 3.8) is 0 Å². The minimum atomic E-state index is -0.626. The van der Waals surface area contributed by atoms with E-state index >= 15 is 0 Å². The number of likely N-dealkylation sites (tertiary alicyclic amines) is 1. The number of hydrogen-bond donors (Lipinski definition) is 0. The summed E-state index contributed by atoms with van der Waals surface area (Å²) < 4.78 is 20.1. The Kier molecular flexibility index (Phi) is 8.82. The van der Waals surface area contributed by atoms with Gasteiger partial charge in [0, 0.05) is 43.4 Å². The standard InChI is InChI=1S/C37H42N6O6/c1-22-15-30(39-43-19-23(2)38-34(22)43)27-16-25-11-14-41(28-12-13-40(21-28)36(46)49-37(4,5)6)35(45)33(25)31(17-27)42(24(3)44)20-26-9-10-29(47-7)18-32(26)48-8/h9-11,14-19,28H,12-13,20-21H2,1-8H3. The summed E-state index contributed by atoms with van der Waals surface area (Å²) in [6.07, 6.45) is 3.82. The Hall–Kier alpha value is -5.39. The number of anilines is 1. The van der Waals surface area contributed by atoms with Crippen molar-refractivity contribution in [2.75, 3.05) is 32.2 Å². The topological polar surface area (TPSA) is 121 Å².